The van der Waals surface area contributed by atoms with E-state index in [4.69, 9.17) is 6.72 Å². The maximum atomic E-state index is 11.0. The molecule has 4 heteroatoms. The van der Waals surface area contributed by atoms with Gasteiger partial charge in [0.1, 0.15) is 0 Å². The number of aliphatic imine (C=N–C) groups is 1. The Morgan fingerprint density at radius 2 is 1.47 bits per heavy atom. The van der Waals surface area contributed by atoms with Gasteiger partial charge in [0.15, 0.2) is 0 Å². The molecule has 30 heavy (non-hydrogen) atoms. The molecule has 0 aliphatic carbocycles. The zero-order valence-corrected chi connectivity index (χ0v) is 20.6. The van der Waals surface area contributed by atoms with Crippen LogP contribution in [0.4, 0.5) is 5.69 Å². The number of ketones is 1. The van der Waals surface area contributed by atoms with E-state index in [0.717, 1.165) is 23.1 Å². The van der Waals surface area contributed by atoms with Crippen molar-refractivity contribution in [1.82, 2.24) is 0 Å². The fraction of sp³-hybridized carbons (Fsp3) is 0.269. The van der Waals surface area contributed by atoms with Crippen LogP contribution in [0.3, 0.4) is 0 Å². The molecule has 2 aromatic rings. The molecule has 0 aliphatic rings. The van der Waals surface area contributed by atoms with Gasteiger partial charge in [-0.15, -0.1) is 41.0 Å². The summed E-state index contributed by atoms with van der Waals surface area (Å²) in [6.45, 7) is 23.7. The number of nitrogens with zero attached hydrogens (tertiary/aromatic N) is 1. The normalized spacial score (nSPS) is 8.03. The molecule has 0 fully saturated rings. The molecule has 0 heterocycles. The molecule has 0 saturated carbocycles. The minimum Gasteiger partial charge on any atom is -0.459 e. The Morgan fingerprint density at radius 1 is 1.00 bits per heavy atom. The van der Waals surface area contributed by atoms with E-state index < -0.39 is 0 Å². The van der Waals surface area contributed by atoms with Crippen LogP contribution >= 0.6 is 0 Å². The summed E-state index contributed by atoms with van der Waals surface area (Å²) in [5, 5.41) is 0. The Hall–Kier alpha value is -1.29. The van der Waals surface area contributed by atoms with Crippen LogP contribution in [0.2, 0.25) is 0 Å². The van der Waals surface area contributed by atoms with E-state index in [2.05, 4.69) is 57.0 Å². The van der Waals surface area contributed by atoms with E-state index in [1.807, 2.05) is 20.8 Å². The number of hydrogen-bond acceptors (Lipinski definition) is 2. The standard InChI is InChI=1S/C11H11NO.C10H13.C3H7.2CH3.2Li/c1-7-6-11(12-4)8(2)5-10(7)9(3)13;1-3-4-10-7-5-9(2)6-8-10;1-3-2;;;;/h4-6H,3H2,1-2H3;5-8H,2-4H2,1H3;1,3H2,2H3;2*1H3;;/q-2;4*-1;2*+1. The average molecular weight is 393 g/mol. The Morgan fingerprint density at radius 3 is 1.83 bits per heavy atom. The zero-order chi connectivity index (χ0) is 20.1. The Bertz CT molecular complexity index is 695. The van der Waals surface area contributed by atoms with Crippen molar-refractivity contribution in [2.24, 2.45) is 4.99 Å². The molecule has 0 aliphatic heterocycles. The smallest absolute Gasteiger partial charge is 0.459 e. The first-order chi connectivity index (χ1) is 12.3. The molecule has 0 bridgehead atoms. The Kier molecular flexibility index (Phi) is 29.3. The zero-order valence-electron chi connectivity index (χ0n) is 20.6. The van der Waals surface area contributed by atoms with Gasteiger partial charge in [-0.2, -0.15) is 44.7 Å². The molecular formula is C26H37Li2NO-4. The van der Waals surface area contributed by atoms with Crippen molar-refractivity contribution in [2.45, 2.75) is 47.0 Å². The van der Waals surface area contributed by atoms with Gasteiger partial charge in [-0.05, 0) is 6.42 Å². The second-order valence-corrected chi connectivity index (χ2v) is 6.07. The first-order valence-corrected chi connectivity index (χ1v) is 8.89. The fourth-order valence-corrected chi connectivity index (χ4v) is 2.24. The van der Waals surface area contributed by atoms with E-state index in [-0.39, 0.29) is 58.4 Å². The van der Waals surface area contributed by atoms with Crippen molar-refractivity contribution in [3.05, 3.63) is 99.8 Å². The largest absolute Gasteiger partial charge is 1.00 e. The van der Waals surface area contributed by atoms with Gasteiger partial charge in [-0.3, -0.25) is 0 Å². The monoisotopic (exact) mass is 393 g/mol. The number of carbonyl (C=O) groups is 1. The van der Waals surface area contributed by atoms with Crippen LogP contribution in [0.5, 0.6) is 0 Å². The van der Waals surface area contributed by atoms with Gasteiger partial charge in [0.05, 0.1) is 0 Å². The molecule has 0 spiro atoms. The average Bonchev–Trinajstić information content (AvgIpc) is 2.60. The number of aryl methyl sites for hydroxylation is 3. The molecule has 0 saturated heterocycles. The molecule has 2 aromatic carbocycles. The van der Waals surface area contributed by atoms with Crippen LogP contribution in [-0.2, 0) is 6.42 Å². The maximum Gasteiger partial charge on any atom is 1.00 e. The van der Waals surface area contributed by atoms with Crippen LogP contribution in [0, 0.1) is 49.5 Å². The summed E-state index contributed by atoms with van der Waals surface area (Å²) in [7, 11) is 0. The van der Waals surface area contributed by atoms with Crippen molar-refractivity contribution in [2.75, 3.05) is 0 Å². The van der Waals surface area contributed by atoms with Crippen LogP contribution in [-0.4, -0.2) is 12.5 Å². The molecule has 0 aromatic heterocycles. The predicted octanol–water partition coefficient (Wildman–Crippen LogP) is 1.49. The van der Waals surface area contributed by atoms with E-state index >= 15 is 0 Å². The molecule has 0 radical (unpaired) electrons. The SMILES string of the molecule is [CH-]=Nc1cc(C)c(C([CH2-])=O)cc1C.[CH2-]CC.[CH2-]c1ccc(CCC)cc1.[CH3-].[CH3-].[Li+].[Li+]. The first-order valence-electron chi connectivity index (χ1n) is 8.89. The molecular weight excluding hydrogens is 356 g/mol. The summed E-state index contributed by atoms with van der Waals surface area (Å²) in [5.74, 6) is -0.177. The Balaban J connectivity index is -0.000000112. The number of carbonyl (C=O) groups excluding carboxylic acids is 1. The second kappa shape index (κ2) is 22.4. The summed E-state index contributed by atoms with van der Waals surface area (Å²) in [6.07, 6.45) is 3.40. The fourth-order valence-electron chi connectivity index (χ4n) is 2.24. The summed E-state index contributed by atoms with van der Waals surface area (Å²) in [4.78, 5) is 14.6. The van der Waals surface area contributed by atoms with Crippen molar-refractivity contribution in [3.63, 3.8) is 0 Å². The quantitative estimate of drug-likeness (QED) is 0.335. The van der Waals surface area contributed by atoms with Gasteiger partial charge in [-0.1, -0.05) is 45.4 Å². The second-order valence-electron chi connectivity index (χ2n) is 6.07. The summed E-state index contributed by atoms with van der Waals surface area (Å²) < 4.78 is 0. The maximum absolute atomic E-state index is 11.0. The number of rotatable bonds is 4. The van der Waals surface area contributed by atoms with Crippen LogP contribution in [0.15, 0.2) is 41.4 Å². The van der Waals surface area contributed by atoms with Gasteiger partial charge in [0, 0.05) is 5.78 Å². The van der Waals surface area contributed by atoms with Gasteiger partial charge >= 0.3 is 37.7 Å². The number of Topliss-reactive ketones (excluding diaryl/α,β-unsaturated/α-hetero) is 1. The van der Waals surface area contributed by atoms with Crippen LogP contribution in [0.1, 0.15) is 59.3 Å². The minimum absolute atomic E-state index is 0. The molecule has 0 N–H and O–H groups in total. The third-order valence-corrected chi connectivity index (χ3v) is 3.54. The summed E-state index contributed by atoms with van der Waals surface area (Å²) in [5.41, 5.74) is 5.59. The van der Waals surface area contributed by atoms with E-state index in [9.17, 15) is 4.79 Å². The Labute approximate surface area is 211 Å². The molecule has 2 nitrogen and oxygen atoms in total. The van der Waals surface area contributed by atoms with Crippen molar-refractivity contribution >= 4 is 18.2 Å². The van der Waals surface area contributed by atoms with Crippen molar-refractivity contribution in [1.29, 1.82) is 0 Å². The topological polar surface area (TPSA) is 29.4 Å². The molecule has 0 unspecified atom stereocenters. The van der Waals surface area contributed by atoms with Crippen LogP contribution < -0.4 is 37.7 Å². The number of hydrogen-bond donors (Lipinski definition) is 0. The van der Waals surface area contributed by atoms with Gasteiger partial charge < -0.3 is 31.6 Å². The van der Waals surface area contributed by atoms with Gasteiger partial charge in [0.25, 0.3) is 0 Å². The van der Waals surface area contributed by atoms with Crippen molar-refractivity contribution < 1.29 is 42.5 Å². The molecule has 0 amide bonds. The minimum atomic E-state index is -0.177. The molecule has 0 atom stereocenters. The molecule has 2 rings (SSSR count). The number of benzene rings is 2. The summed E-state index contributed by atoms with van der Waals surface area (Å²) in [6, 6.07) is 12.0. The van der Waals surface area contributed by atoms with E-state index in [1.54, 1.807) is 12.1 Å². The van der Waals surface area contributed by atoms with Crippen molar-refractivity contribution in [3.8, 4) is 0 Å². The predicted molar refractivity (Wildman–Crippen MR) is 127 cm³/mol. The van der Waals surface area contributed by atoms with E-state index in [0.29, 0.717) is 11.3 Å². The van der Waals surface area contributed by atoms with Gasteiger partial charge in [0.2, 0.25) is 0 Å². The van der Waals surface area contributed by atoms with Gasteiger partial charge in [-0.25, -0.2) is 0 Å². The molecule has 158 valence electrons. The van der Waals surface area contributed by atoms with E-state index in [1.165, 1.54) is 18.4 Å². The summed E-state index contributed by atoms with van der Waals surface area (Å²) >= 11 is 0. The third-order valence-electron chi connectivity index (χ3n) is 3.54. The first kappa shape index (κ1) is 39.2. The third kappa shape index (κ3) is 15.5. The van der Waals surface area contributed by atoms with Crippen LogP contribution in [0.25, 0.3) is 0 Å².